The second-order valence-corrected chi connectivity index (χ2v) is 26.6. The summed E-state index contributed by atoms with van der Waals surface area (Å²) < 4.78 is 87.1. The van der Waals surface area contributed by atoms with Crippen LogP contribution in [-0.4, -0.2) is 103 Å². The van der Waals surface area contributed by atoms with Crippen molar-refractivity contribution in [1.82, 2.24) is 31.9 Å². The first-order chi connectivity index (χ1) is 44.9. The van der Waals surface area contributed by atoms with E-state index < -0.39 is 59.8 Å². The van der Waals surface area contributed by atoms with Gasteiger partial charge in [-0.15, -0.1) is 0 Å². The lowest BCUT2D eigenvalue weighted by molar-refractivity contribution is -0.174. The molecule has 0 bridgehead atoms. The zero-order chi connectivity index (χ0) is 74.3. The van der Waals surface area contributed by atoms with Gasteiger partial charge in [0.05, 0.1) is 0 Å². The predicted octanol–water partition coefficient (Wildman–Crippen LogP) is 16.4. The Hall–Kier alpha value is -8.14. The number of carbonyl (C=O) groups is 6. The molecule has 6 amide bonds. The molecule has 0 fully saturated rings. The Kier molecular flexibility index (Phi) is 44.0. The van der Waals surface area contributed by atoms with Crippen LogP contribution in [0.4, 0.5) is 40.7 Å². The molecule has 16 nitrogen and oxygen atoms in total. The smallest absolute Gasteiger partial charge is 0.444 e. The molecular weight excluding hydrogens is 1270 g/mol. The van der Waals surface area contributed by atoms with Crippen molar-refractivity contribution in [3.63, 3.8) is 0 Å². The van der Waals surface area contributed by atoms with Gasteiger partial charge in [-0.3, -0.25) is 19.7 Å². The van der Waals surface area contributed by atoms with Gasteiger partial charge in [0.15, 0.2) is 6.23 Å². The maximum atomic E-state index is 12.0. The van der Waals surface area contributed by atoms with Gasteiger partial charge in [-0.05, 0) is 184 Å². The second-order valence-electron chi connectivity index (χ2n) is 26.6. The number of halogens is 6. The van der Waals surface area contributed by atoms with Crippen LogP contribution >= 0.6 is 0 Å². The summed E-state index contributed by atoms with van der Waals surface area (Å²) in [5.41, 5.74) is 15.4. The number of aryl methyl sites for hydroxylation is 5. The molecule has 0 unspecified atom stereocenters. The van der Waals surface area contributed by atoms with Crippen LogP contribution in [0.15, 0.2) is 121 Å². The Bertz CT molecular complexity index is 2950. The molecule has 8 N–H and O–H groups in total. The number of benzene rings is 5. The van der Waals surface area contributed by atoms with E-state index in [1.165, 1.54) is 28.7 Å². The number of nitrogens with two attached hydrogens (primary N) is 1. The highest BCUT2D eigenvalue weighted by Crippen LogP contribution is 2.18. The molecule has 22 heteroatoms. The number of alkyl carbamates (subject to hydrolysis) is 2. The van der Waals surface area contributed by atoms with E-state index in [1.54, 1.807) is 34.6 Å². The third-order valence-electron chi connectivity index (χ3n) is 13.3. The van der Waals surface area contributed by atoms with Crippen molar-refractivity contribution in [2.75, 3.05) is 0 Å². The molecule has 0 radical (unpaired) electrons. The fraction of sp³-hybridized carbons (Fsp3) is 0.526. The monoisotopic (exact) mass is 1380 g/mol. The number of urea groups is 1. The summed E-state index contributed by atoms with van der Waals surface area (Å²) >= 11 is 0. The molecule has 0 spiro atoms. The van der Waals surface area contributed by atoms with Crippen molar-refractivity contribution in [1.29, 1.82) is 0 Å². The minimum Gasteiger partial charge on any atom is -0.444 e. The molecule has 550 valence electrons. The van der Waals surface area contributed by atoms with E-state index in [4.69, 9.17) is 19.9 Å². The van der Waals surface area contributed by atoms with Crippen LogP contribution in [0.5, 0.6) is 0 Å². The zero-order valence-electron chi connectivity index (χ0n) is 60.5. The minimum atomic E-state index is -4.82. The Morgan fingerprint density at radius 1 is 0.408 bits per heavy atom. The van der Waals surface area contributed by atoms with Crippen LogP contribution < -0.4 is 37.6 Å². The topological polar surface area (TPSA) is 228 Å². The van der Waals surface area contributed by atoms with Gasteiger partial charge in [0.25, 0.3) is 6.47 Å². The number of ether oxygens (including phenoxy) is 3. The largest absolute Gasteiger partial charge is 0.471 e. The number of alkyl halides is 6. The number of carbonyl (C=O) groups excluding carboxylic acids is 6. The van der Waals surface area contributed by atoms with Crippen molar-refractivity contribution >= 4 is 36.5 Å². The van der Waals surface area contributed by atoms with Crippen molar-refractivity contribution in [2.45, 2.75) is 263 Å². The summed E-state index contributed by atoms with van der Waals surface area (Å²) in [6.45, 7) is 36.6. The first-order valence-corrected chi connectivity index (χ1v) is 32.9. The average Bonchev–Trinajstić information content (AvgIpc) is 0.941. The Balaban J connectivity index is 0. The molecule has 5 aromatic carbocycles. The van der Waals surface area contributed by atoms with Crippen molar-refractivity contribution < 1.29 is 69.3 Å². The molecule has 98 heavy (non-hydrogen) atoms. The van der Waals surface area contributed by atoms with Gasteiger partial charge in [0, 0.05) is 42.7 Å². The first kappa shape index (κ1) is 91.9. The summed E-state index contributed by atoms with van der Waals surface area (Å²) in [6.07, 6.45) is -4.10. The highest BCUT2D eigenvalue weighted by molar-refractivity contribution is 5.82. The fourth-order valence-electron chi connectivity index (χ4n) is 8.66. The fourth-order valence-corrected chi connectivity index (χ4v) is 8.66. The average molecular weight is 1380 g/mol. The Labute approximate surface area is 580 Å². The molecule has 0 aliphatic heterocycles. The minimum absolute atomic E-state index is 0. The Morgan fingerprint density at radius 3 is 0.908 bits per heavy atom. The summed E-state index contributed by atoms with van der Waals surface area (Å²) in [7, 11) is 0. The summed E-state index contributed by atoms with van der Waals surface area (Å²) in [6, 6.07) is 39.1. The van der Waals surface area contributed by atoms with Crippen LogP contribution in [0.2, 0.25) is 0 Å². The zero-order valence-corrected chi connectivity index (χ0v) is 60.5. The Morgan fingerprint density at radius 2 is 0.663 bits per heavy atom. The standard InChI is InChI=1S/C16H26N2O.C15H21NO4.C15H23NO2.2C12H14F3NO.C5H13N.CH4/c1-5-6-13(3)17-16(19)18-14(4)11-15-9-7-12(2)8-10-15;1-11-5-7-12(8-6-11)9-13(19-10-17)16-14(18)20-15(2,3)4;1-11-6-8-13(9-7-11)10-12(2)16-14(17)18-15(3,4)5;2*1-8-3-5-10(6-4-8)7-9(2)16-11(17)12(13,14)15;1-3-4-5(2)6;/h7-10,13-14H,5-6,11H2,1-4H3,(H2,17,18,19);5-8,10,13H,9H2,1-4H3,(H,16,18);6-9,12H,10H2,1-5H3,(H,16,17);2*3-6,9H,7H2,1-2H3,(H,16,17);5H,3-4,6H2,1-2H3;1H4/t13-,14-;13-;12-;2*9-;5-;/m111111./s1. The van der Waals surface area contributed by atoms with E-state index in [9.17, 15) is 55.1 Å². The van der Waals surface area contributed by atoms with Crippen LogP contribution in [0.3, 0.4) is 0 Å². The van der Waals surface area contributed by atoms with Crippen molar-refractivity contribution in [3.8, 4) is 0 Å². The van der Waals surface area contributed by atoms with Gasteiger partial charge < -0.3 is 46.5 Å². The van der Waals surface area contributed by atoms with Crippen LogP contribution in [0.1, 0.15) is 186 Å². The predicted molar refractivity (Wildman–Crippen MR) is 382 cm³/mol. The number of hydrogen-bond donors (Lipinski definition) is 7. The molecule has 0 aliphatic rings. The van der Waals surface area contributed by atoms with Gasteiger partial charge in [-0.2, -0.15) is 26.3 Å². The number of amides is 6. The van der Waals surface area contributed by atoms with Gasteiger partial charge in [0.1, 0.15) is 11.2 Å². The van der Waals surface area contributed by atoms with E-state index in [1.807, 2.05) is 153 Å². The van der Waals surface area contributed by atoms with Gasteiger partial charge in [0.2, 0.25) is 0 Å². The van der Waals surface area contributed by atoms with Gasteiger partial charge in [-0.25, -0.2) is 14.4 Å². The molecule has 5 aromatic rings. The third-order valence-corrected chi connectivity index (χ3v) is 13.3. The van der Waals surface area contributed by atoms with Crippen LogP contribution in [0, 0.1) is 34.6 Å². The number of nitrogens with one attached hydrogen (secondary N) is 6. The summed E-state index contributed by atoms with van der Waals surface area (Å²) in [5.74, 6) is -3.78. The van der Waals surface area contributed by atoms with E-state index in [0.717, 1.165) is 65.5 Å². The lowest BCUT2D eigenvalue weighted by Crippen LogP contribution is -2.45. The maximum absolute atomic E-state index is 12.0. The molecule has 7 atom stereocenters. The van der Waals surface area contributed by atoms with Gasteiger partial charge in [-0.1, -0.05) is 183 Å². The first-order valence-electron chi connectivity index (χ1n) is 32.9. The summed E-state index contributed by atoms with van der Waals surface area (Å²) in [5, 5.41) is 15.1. The molecule has 0 saturated heterocycles. The maximum Gasteiger partial charge on any atom is 0.471 e. The third kappa shape index (κ3) is 48.5. The molecule has 0 saturated carbocycles. The van der Waals surface area contributed by atoms with E-state index in [0.29, 0.717) is 31.8 Å². The van der Waals surface area contributed by atoms with Crippen molar-refractivity contribution in [3.05, 3.63) is 177 Å². The van der Waals surface area contributed by atoms with Gasteiger partial charge >= 0.3 is 42.4 Å². The van der Waals surface area contributed by atoms with E-state index >= 15 is 0 Å². The normalized spacial score (nSPS) is 13.0. The molecule has 0 heterocycles. The molecular formula is C76H115F6N7O9. The van der Waals surface area contributed by atoms with E-state index in [-0.39, 0.29) is 37.7 Å². The van der Waals surface area contributed by atoms with Crippen LogP contribution in [-0.2, 0) is 60.7 Å². The highest BCUT2D eigenvalue weighted by atomic mass is 19.4. The highest BCUT2D eigenvalue weighted by Gasteiger charge is 2.40. The lowest BCUT2D eigenvalue weighted by Gasteiger charge is -2.22. The van der Waals surface area contributed by atoms with E-state index in [2.05, 4.69) is 97.5 Å². The summed E-state index contributed by atoms with van der Waals surface area (Å²) in [4.78, 5) is 66.9. The number of rotatable bonds is 22. The molecule has 0 aliphatic carbocycles. The molecule has 5 rings (SSSR count). The SMILES string of the molecule is C.CCC[C@@H](C)N.CCC[C@@H](C)NC(=O)N[C@H](C)Cc1ccc(C)cc1.Cc1ccc(C[C@@H](C)NC(=O)C(F)(F)F)cc1.Cc1ccc(C[C@@H](C)NC(=O)C(F)(F)F)cc1.Cc1ccc(C[C@@H](C)NC(=O)OC(C)(C)C)cc1.Cc1ccc(C[C@H](NC(=O)OC(C)(C)C)OC=O)cc1. The van der Waals surface area contributed by atoms with Crippen molar-refractivity contribution in [2.24, 2.45) is 5.73 Å². The lowest BCUT2D eigenvalue weighted by atomic mass is 10.1. The van der Waals surface area contributed by atoms with Crippen LogP contribution in [0.25, 0.3) is 0 Å². The quantitative estimate of drug-likeness (QED) is 0.0150. The number of hydrogen-bond acceptors (Lipinski definition) is 10. The molecule has 0 aromatic heterocycles. The second kappa shape index (κ2) is 47.0.